The minimum atomic E-state index is 0.543. The topological polar surface area (TPSA) is 37.8 Å². The van der Waals surface area contributed by atoms with Gasteiger partial charge in [0.1, 0.15) is 16.7 Å². The molecule has 0 spiro atoms. The summed E-state index contributed by atoms with van der Waals surface area (Å²) >= 11 is 5.99. The monoisotopic (exact) mass is 211 g/mol. The van der Waals surface area contributed by atoms with Gasteiger partial charge in [-0.25, -0.2) is 9.97 Å². The summed E-state index contributed by atoms with van der Waals surface area (Å²) in [5.74, 6) is 1.54. The van der Waals surface area contributed by atoms with E-state index in [4.69, 9.17) is 11.6 Å². The molecule has 1 heterocycles. The molecule has 0 saturated heterocycles. The zero-order valence-corrected chi connectivity index (χ0v) is 9.01. The number of rotatable bonds is 2. The van der Waals surface area contributed by atoms with Gasteiger partial charge >= 0.3 is 0 Å². The summed E-state index contributed by atoms with van der Waals surface area (Å²) in [5, 5.41) is 3.98. The van der Waals surface area contributed by atoms with Crippen LogP contribution in [0.1, 0.15) is 31.5 Å². The Morgan fingerprint density at radius 1 is 1.43 bits per heavy atom. The minimum Gasteiger partial charge on any atom is -0.366 e. The fraction of sp³-hybridized carbons (Fsp3) is 0.600. The van der Waals surface area contributed by atoms with Crippen molar-refractivity contribution in [2.24, 2.45) is 0 Å². The van der Waals surface area contributed by atoms with Gasteiger partial charge in [0, 0.05) is 6.04 Å². The third-order valence-electron chi connectivity index (χ3n) is 2.56. The molecule has 1 aromatic rings. The van der Waals surface area contributed by atoms with E-state index in [1.54, 1.807) is 6.20 Å². The Balaban J connectivity index is 2.10. The van der Waals surface area contributed by atoms with E-state index in [1.165, 1.54) is 25.7 Å². The Morgan fingerprint density at radius 3 is 2.86 bits per heavy atom. The standard InChI is InChI=1S/C10H14ClN3/c1-7-12-6-9(11)10(13-7)14-8-4-2-3-5-8/h6,8H,2-5H2,1H3,(H,12,13,14). The zero-order valence-electron chi connectivity index (χ0n) is 8.26. The highest BCUT2D eigenvalue weighted by Crippen LogP contribution is 2.24. The molecule has 0 radical (unpaired) electrons. The van der Waals surface area contributed by atoms with Gasteiger partial charge in [-0.1, -0.05) is 24.4 Å². The number of hydrogen-bond acceptors (Lipinski definition) is 3. The highest BCUT2D eigenvalue weighted by atomic mass is 35.5. The largest absolute Gasteiger partial charge is 0.366 e. The summed E-state index contributed by atoms with van der Waals surface area (Å²) in [6, 6.07) is 0.543. The molecule has 0 aromatic carbocycles. The number of nitrogens with zero attached hydrogens (tertiary/aromatic N) is 2. The van der Waals surface area contributed by atoms with Crippen LogP contribution in [0.15, 0.2) is 6.20 Å². The van der Waals surface area contributed by atoms with Gasteiger partial charge < -0.3 is 5.32 Å². The van der Waals surface area contributed by atoms with Crippen molar-refractivity contribution in [1.29, 1.82) is 0 Å². The molecule has 0 unspecified atom stereocenters. The summed E-state index contributed by atoms with van der Waals surface area (Å²) in [7, 11) is 0. The summed E-state index contributed by atoms with van der Waals surface area (Å²) in [4.78, 5) is 8.31. The predicted molar refractivity (Wildman–Crippen MR) is 57.7 cm³/mol. The molecule has 1 aromatic heterocycles. The van der Waals surface area contributed by atoms with Crippen molar-refractivity contribution in [3.8, 4) is 0 Å². The molecule has 1 aliphatic carbocycles. The normalized spacial score (nSPS) is 17.3. The number of hydrogen-bond donors (Lipinski definition) is 1. The van der Waals surface area contributed by atoms with Gasteiger partial charge in [-0.05, 0) is 19.8 Å². The van der Waals surface area contributed by atoms with Crippen molar-refractivity contribution in [3.05, 3.63) is 17.0 Å². The summed E-state index contributed by atoms with van der Waals surface area (Å²) in [5.41, 5.74) is 0. The molecule has 0 bridgehead atoms. The van der Waals surface area contributed by atoms with Gasteiger partial charge in [0.2, 0.25) is 0 Å². The molecule has 0 atom stereocenters. The van der Waals surface area contributed by atoms with Crippen LogP contribution in [-0.4, -0.2) is 16.0 Å². The lowest BCUT2D eigenvalue weighted by molar-refractivity contribution is 0.748. The summed E-state index contributed by atoms with van der Waals surface area (Å²) < 4.78 is 0. The number of aromatic nitrogens is 2. The second-order valence-electron chi connectivity index (χ2n) is 3.74. The highest BCUT2D eigenvalue weighted by Gasteiger charge is 2.16. The van der Waals surface area contributed by atoms with Crippen molar-refractivity contribution >= 4 is 17.4 Å². The molecular formula is C10H14ClN3. The van der Waals surface area contributed by atoms with E-state index in [0.29, 0.717) is 11.1 Å². The maximum Gasteiger partial charge on any atom is 0.148 e. The molecule has 3 nitrogen and oxygen atoms in total. The second kappa shape index (κ2) is 4.13. The molecule has 2 rings (SSSR count). The van der Waals surface area contributed by atoms with E-state index < -0.39 is 0 Å². The lowest BCUT2D eigenvalue weighted by Crippen LogP contribution is -2.16. The van der Waals surface area contributed by atoms with Gasteiger partial charge in [-0.15, -0.1) is 0 Å². The first-order chi connectivity index (χ1) is 6.75. The van der Waals surface area contributed by atoms with Crippen LogP contribution in [0.25, 0.3) is 0 Å². The second-order valence-corrected chi connectivity index (χ2v) is 4.15. The van der Waals surface area contributed by atoms with E-state index in [2.05, 4.69) is 15.3 Å². The van der Waals surface area contributed by atoms with Crippen LogP contribution in [0, 0.1) is 6.92 Å². The Labute approximate surface area is 88.9 Å². The Morgan fingerprint density at radius 2 is 2.14 bits per heavy atom. The molecular weight excluding hydrogens is 198 g/mol. The van der Waals surface area contributed by atoms with Crippen molar-refractivity contribution < 1.29 is 0 Å². The van der Waals surface area contributed by atoms with Crippen LogP contribution in [0.3, 0.4) is 0 Å². The predicted octanol–water partition coefficient (Wildman–Crippen LogP) is 2.79. The lowest BCUT2D eigenvalue weighted by Gasteiger charge is -2.13. The fourth-order valence-corrected chi connectivity index (χ4v) is 1.97. The third kappa shape index (κ3) is 2.15. The zero-order chi connectivity index (χ0) is 9.97. The Hall–Kier alpha value is -0.830. The van der Waals surface area contributed by atoms with Crippen molar-refractivity contribution in [1.82, 2.24) is 9.97 Å². The first kappa shape index (κ1) is 9.71. The number of nitrogens with one attached hydrogen (secondary N) is 1. The fourth-order valence-electron chi connectivity index (χ4n) is 1.82. The first-order valence-corrected chi connectivity index (χ1v) is 5.39. The van der Waals surface area contributed by atoms with Crippen LogP contribution in [0.5, 0.6) is 0 Å². The first-order valence-electron chi connectivity index (χ1n) is 5.01. The Bertz CT molecular complexity index is 321. The molecule has 1 fully saturated rings. The molecule has 14 heavy (non-hydrogen) atoms. The van der Waals surface area contributed by atoms with Crippen molar-refractivity contribution in [2.75, 3.05) is 5.32 Å². The van der Waals surface area contributed by atoms with Gasteiger partial charge in [-0.2, -0.15) is 0 Å². The third-order valence-corrected chi connectivity index (χ3v) is 2.84. The molecule has 0 aliphatic heterocycles. The lowest BCUT2D eigenvalue weighted by atomic mass is 10.2. The van der Waals surface area contributed by atoms with Crippen molar-refractivity contribution in [2.45, 2.75) is 38.6 Å². The van der Waals surface area contributed by atoms with Crippen molar-refractivity contribution in [3.63, 3.8) is 0 Å². The van der Waals surface area contributed by atoms with Crippen LogP contribution in [0.2, 0.25) is 5.02 Å². The van der Waals surface area contributed by atoms with Gasteiger partial charge in [0.15, 0.2) is 0 Å². The SMILES string of the molecule is Cc1ncc(Cl)c(NC2CCCC2)n1. The highest BCUT2D eigenvalue weighted by molar-refractivity contribution is 6.32. The van der Waals surface area contributed by atoms with Gasteiger partial charge in [-0.3, -0.25) is 0 Å². The van der Waals surface area contributed by atoms with E-state index in [1.807, 2.05) is 6.92 Å². The van der Waals surface area contributed by atoms with Crippen LogP contribution >= 0.6 is 11.6 Å². The molecule has 76 valence electrons. The van der Waals surface area contributed by atoms with E-state index >= 15 is 0 Å². The van der Waals surface area contributed by atoms with E-state index in [-0.39, 0.29) is 0 Å². The van der Waals surface area contributed by atoms with E-state index in [0.717, 1.165) is 11.6 Å². The smallest absolute Gasteiger partial charge is 0.148 e. The molecule has 1 aliphatic rings. The van der Waals surface area contributed by atoms with Gasteiger partial charge in [0.25, 0.3) is 0 Å². The van der Waals surface area contributed by atoms with Crippen LogP contribution < -0.4 is 5.32 Å². The molecule has 1 N–H and O–H groups in total. The van der Waals surface area contributed by atoms with Gasteiger partial charge in [0.05, 0.1) is 6.20 Å². The average Bonchev–Trinajstić information content (AvgIpc) is 2.64. The quantitative estimate of drug-likeness (QED) is 0.818. The number of halogens is 1. The maximum atomic E-state index is 5.99. The minimum absolute atomic E-state index is 0.543. The summed E-state index contributed by atoms with van der Waals surface area (Å²) in [6.45, 7) is 1.87. The van der Waals surface area contributed by atoms with Crippen LogP contribution in [0.4, 0.5) is 5.82 Å². The molecule has 4 heteroatoms. The Kier molecular flexibility index (Phi) is 2.87. The van der Waals surface area contributed by atoms with E-state index in [9.17, 15) is 0 Å². The number of aryl methyl sites for hydroxylation is 1. The molecule has 0 amide bonds. The number of anilines is 1. The average molecular weight is 212 g/mol. The maximum absolute atomic E-state index is 5.99. The summed E-state index contributed by atoms with van der Waals surface area (Å²) in [6.07, 6.45) is 6.71. The van der Waals surface area contributed by atoms with Crippen LogP contribution in [-0.2, 0) is 0 Å². The molecule has 1 saturated carbocycles.